The van der Waals surface area contributed by atoms with Gasteiger partial charge in [0.25, 0.3) is 0 Å². The molecule has 1 N–H and O–H groups in total. The number of carbonyl (C=O) groups is 2. The number of amides is 2. The van der Waals surface area contributed by atoms with Gasteiger partial charge < -0.3 is 19.3 Å². The van der Waals surface area contributed by atoms with Crippen molar-refractivity contribution in [2.24, 2.45) is 0 Å². The molecule has 2 amide bonds. The summed E-state index contributed by atoms with van der Waals surface area (Å²) < 4.78 is 7.07. The molecule has 42 heavy (non-hydrogen) atoms. The van der Waals surface area contributed by atoms with Crippen molar-refractivity contribution in [2.75, 3.05) is 18.0 Å². The molecule has 1 fully saturated rings. The van der Waals surface area contributed by atoms with Crippen molar-refractivity contribution in [3.05, 3.63) is 108 Å². The Hall–Kier alpha value is -5.18. The van der Waals surface area contributed by atoms with Gasteiger partial charge >= 0.3 is 12.2 Å². The zero-order valence-electron chi connectivity index (χ0n) is 23.5. The zero-order chi connectivity index (χ0) is 29.2. The lowest BCUT2D eigenvalue weighted by atomic mass is 10.0. The molecule has 0 atom stereocenters. The topological polar surface area (TPSA) is 101 Å². The van der Waals surface area contributed by atoms with Crippen LogP contribution in [0, 0.1) is 13.8 Å². The Bertz CT molecular complexity index is 1770. The Balaban J connectivity index is 1.27. The van der Waals surface area contributed by atoms with Crippen LogP contribution in [0.25, 0.3) is 22.3 Å². The van der Waals surface area contributed by atoms with E-state index in [4.69, 9.17) is 19.8 Å². The third-order valence-corrected chi connectivity index (χ3v) is 7.60. The second kappa shape index (κ2) is 11.4. The number of fused-ring (bicyclic) bond motifs is 1. The van der Waals surface area contributed by atoms with Gasteiger partial charge in [-0.25, -0.2) is 19.6 Å². The van der Waals surface area contributed by atoms with Crippen LogP contribution >= 0.6 is 0 Å². The highest BCUT2D eigenvalue weighted by Crippen LogP contribution is 2.31. The molecule has 0 saturated carbocycles. The van der Waals surface area contributed by atoms with Gasteiger partial charge in [0.05, 0.1) is 16.9 Å². The fraction of sp³-hybridized carbons (Fsp3) is 0.212. The summed E-state index contributed by atoms with van der Waals surface area (Å²) in [6, 6.07) is 27.1. The molecule has 0 spiro atoms. The smallest absolute Gasteiger partial charge is 0.449 e. The van der Waals surface area contributed by atoms with Crippen molar-refractivity contribution in [1.82, 2.24) is 19.4 Å². The number of benzene rings is 3. The molecule has 0 radical (unpaired) electrons. The number of carboxylic acid groups (broad SMARTS) is 1. The second-order valence-corrected chi connectivity index (χ2v) is 10.4. The number of hydrogen-bond acceptors (Lipinski definition) is 5. The summed E-state index contributed by atoms with van der Waals surface area (Å²) in [7, 11) is 0. The minimum absolute atomic E-state index is 0.0140. The van der Waals surface area contributed by atoms with E-state index in [2.05, 4.69) is 4.57 Å². The maximum Gasteiger partial charge on any atom is 0.511 e. The summed E-state index contributed by atoms with van der Waals surface area (Å²) in [4.78, 5) is 38.0. The average molecular weight is 562 g/mol. The lowest BCUT2D eigenvalue weighted by Crippen LogP contribution is -2.49. The molecule has 212 valence electrons. The summed E-state index contributed by atoms with van der Waals surface area (Å²) in [6.45, 7) is 6.38. The number of nitrogens with zero attached hydrogens (tertiary/aromatic N) is 5. The van der Waals surface area contributed by atoms with Crippen LogP contribution in [0.5, 0.6) is 5.75 Å². The van der Waals surface area contributed by atoms with E-state index < -0.39 is 6.16 Å². The largest absolute Gasteiger partial charge is 0.511 e. The molecule has 5 aromatic rings. The zero-order valence-corrected chi connectivity index (χ0v) is 23.5. The van der Waals surface area contributed by atoms with Crippen LogP contribution in [-0.4, -0.2) is 49.8 Å². The van der Waals surface area contributed by atoms with Crippen LogP contribution in [0.1, 0.15) is 29.1 Å². The summed E-state index contributed by atoms with van der Waals surface area (Å²) >= 11 is 0. The van der Waals surface area contributed by atoms with E-state index in [-0.39, 0.29) is 11.8 Å². The maximum atomic E-state index is 13.6. The summed E-state index contributed by atoms with van der Waals surface area (Å²) in [6.07, 6.45) is -0.471. The first-order chi connectivity index (χ1) is 20.4. The molecule has 1 aliphatic heterocycles. The van der Waals surface area contributed by atoms with Gasteiger partial charge in [-0.05, 0) is 49.1 Å². The second-order valence-electron chi connectivity index (χ2n) is 10.4. The molecule has 3 heterocycles. The highest BCUT2D eigenvalue weighted by atomic mass is 16.7. The minimum atomic E-state index is -1.35. The number of imidazole rings is 1. The molecule has 1 aliphatic rings. The first-order valence-corrected chi connectivity index (χ1v) is 13.9. The van der Waals surface area contributed by atoms with Gasteiger partial charge in [-0.15, -0.1) is 0 Å². The molecule has 1 saturated heterocycles. The summed E-state index contributed by atoms with van der Waals surface area (Å²) in [5.41, 5.74) is 6.80. The lowest BCUT2D eigenvalue weighted by Gasteiger charge is -2.36. The molecule has 6 rings (SSSR count). The van der Waals surface area contributed by atoms with Gasteiger partial charge in [0.2, 0.25) is 0 Å². The fourth-order valence-electron chi connectivity index (χ4n) is 5.53. The van der Waals surface area contributed by atoms with E-state index in [0.717, 1.165) is 52.4 Å². The van der Waals surface area contributed by atoms with Crippen molar-refractivity contribution in [2.45, 2.75) is 33.4 Å². The number of anilines is 1. The Kier molecular flexibility index (Phi) is 7.31. The predicted octanol–water partition coefficient (Wildman–Crippen LogP) is 6.65. The molecule has 0 unspecified atom stereocenters. The molecule has 0 aliphatic carbocycles. The van der Waals surface area contributed by atoms with Crippen LogP contribution in [0.15, 0.2) is 84.9 Å². The molecule has 9 heteroatoms. The number of pyridine rings is 1. The number of para-hydroxylation sites is 1. The number of rotatable bonds is 7. The Morgan fingerprint density at radius 1 is 0.881 bits per heavy atom. The molecule has 3 aromatic carbocycles. The monoisotopic (exact) mass is 561 g/mol. The quantitative estimate of drug-likeness (QED) is 0.176. The van der Waals surface area contributed by atoms with Crippen LogP contribution < -0.4 is 9.64 Å². The molecule has 0 bridgehead atoms. The standard InChI is InChI=1S/C33H31N5O4/c1-22-28(37-18-8-17-36(32(37)39)20-24-9-4-3-5-10-24)19-29-31(34-22)35-23(2)38(29)21-25-13-15-26(16-14-25)27-11-6-7-12-30(27)42-33(40)41/h3-7,9-16,19H,8,17-18,20-21H2,1-2H3,(H,40,41). The van der Waals surface area contributed by atoms with Crippen molar-refractivity contribution in [1.29, 1.82) is 0 Å². The normalized spacial score (nSPS) is 13.5. The van der Waals surface area contributed by atoms with Gasteiger partial charge in [-0.1, -0.05) is 72.8 Å². The fourth-order valence-corrected chi connectivity index (χ4v) is 5.53. The SMILES string of the molecule is Cc1nc2nc(C)n(Cc3ccc(-c4ccccc4OC(=O)O)cc3)c2cc1N1CCCN(Cc2ccccc2)C1=O. The van der Waals surface area contributed by atoms with Gasteiger partial charge in [0.1, 0.15) is 11.6 Å². The predicted molar refractivity (Wildman–Crippen MR) is 161 cm³/mol. The Morgan fingerprint density at radius 3 is 2.36 bits per heavy atom. The van der Waals surface area contributed by atoms with Gasteiger partial charge in [-0.2, -0.15) is 0 Å². The number of carbonyl (C=O) groups excluding carboxylic acids is 1. The van der Waals surface area contributed by atoms with E-state index >= 15 is 0 Å². The third kappa shape index (κ3) is 5.41. The first kappa shape index (κ1) is 27.0. The van der Waals surface area contributed by atoms with Crippen molar-refractivity contribution < 1.29 is 19.4 Å². The van der Waals surface area contributed by atoms with Crippen LogP contribution in [-0.2, 0) is 13.1 Å². The van der Waals surface area contributed by atoms with E-state index in [9.17, 15) is 9.59 Å². The number of aryl methyl sites for hydroxylation is 2. The van der Waals surface area contributed by atoms with Crippen molar-refractivity contribution >= 4 is 29.0 Å². The van der Waals surface area contributed by atoms with Crippen molar-refractivity contribution in [3.63, 3.8) is 0 Å². The summed E-state index contributed by atoms with van der Waals surface area (Å²) in [5, 5.41) is 9.09. The van der Waals surface area contributed by atoms with Gasteiger partial charge in [-0.3, -0.25) is 4.90 Å². The van der Waals surface area contributed by atoms with Gasteiger partial charge in [0, 0.05) is 31.7 Å². The van der Waals surface area contributed by atoms with E-state index in [1.807, 2.05) is 96.4 Å². The third-order valence-electron chi connectivity index (χ3n) is 7.60. The Labute approximate surface area is 243 Å². The van der Waals surface area contributed by atoms with Gasteiger partial charge in [0.15, 0.2) is 5.65 Å². The van der Waals surface area contributed by atoms with Crippen LogP contribution in [0.2, 0.25) is 0 Å². The average Bonchev–Trinajstić information content (AvgIpc) is 3.28. The highest BCUT2D eigenvalue weighted by Gasteiger charge is 2.29. The minimum Gasteiger partial charge on any atom is -0.449 e. The number of hydrogen-bond donors (Lipinski definition) is 1. The van der Waals surface area contributed by atoms with Crippen LogP contribution in [0.4, 0.5) is 15.3 Å². The molecular weight excluding hydrogens is 530 g/mol. The van der Waals surface area contributed by atoms with Crippen molar-refractivity contribution in [3.8, 4) is 16.9 Å². The van der Waals surface area contributed by atoms with E-state index in [0.29, 0.717) is 30.8 Å². The summed E-state index contributed by atoms with van der Waals surface area (Å²) in [5.74, 6) is 1.12. The number of ether oxygens (including phenoxy) is 1. The number of urea groups is 1. The first-order valence-electron chi connectivity index (χ1n) is 13.9. The van der Waals surface area contributed by atoms with E-state index in [1.165, 1.54) is 0 Å². The maximum absolute atomic E-state index is 13.6. The van der Waals surface area contributed by atoms with E-state index in [1.54, 1.807) is 12.1 Å². The molecule has 9 nitrogen and oxygen atoms in total. The highest BCUT2D eigenvalue weighted by molar-refractivity contribution is 5.95. The van der Waals surface area contributed by atoms with Crippen LogP contribution in [0.3, 0.4) is 0 Å². The molecular formula is C33H31N5O4. The number of aromatic nitrogens is 3. The molecule has 2 aromatic heterocycles. The Morgan fingerprint density at radius 2 is 1.60 bits per heavy atom. The lowest BCUT2D eigenvalue weighted by molar-refractivity contribution is 0.144.